The molecule has 0 saturated heterocycles. The van der Waals surface area contributed by atoms with E-state index in [0.717, 1.165) is 29.7 Å². The predicted octanol–water partition coefficient (Wildman–Crippen LogP) is 4.43. The number of aliphatic hydroxyl groups excluding tert-OH is 1. The van der Waals surface area contributed by atoms with Crippen molar-refractivity contribution >= 4 is 16.5 Å². The van der Waals surface area contributed by atoms with Gasteiger partial charge in [0, 0.05) is 23.6 Å². The number of aliphatic hydroxyl groups is 1. The van der Waals surface area contributed by atoms with E-state index in [4.69, 9.17) is 0 Å². The molecule has 0 aliphatic heterocycles. The summed E-state index contributed by atoms with van der Waals surface area (Å²) in [5.74, 6) is 0. The molecule has 1 atom stereocenters. The molecule has 0 saturated carbocycles. The van der Waals surface area contributed by atoms with Crippen LogP contribution in [0, 0.1) is 0 Å². The molecule has 3 heteroatoms. The zero-order chi connectivity index (χ0) is 15.4. The molecule has 22 heavy (non-hydrogen) atoms. The highest BCUT2D eigenvalue weighted by Gasteiger charge is 2.09. The van der Waals surface area contributed by atoms with Gasteiger partial charge in [-0.2, -0.15) is 0 Å². The highest BCUT2D eigenvalue weighted by Crippen LogP contribution is 2.30. The van der Waals surface area contributed by atoms with Crippen molar-refractivity contribution in [2.24, 2.45) is 0 Å². The number of nitrogens with zero attached hydrogens (tertiary/aromatic N) is 1. The molecule has 0 radical (unpaired) electrons. The van der Waals surface area contributed by atoms with Gasteiger partial charge in [-0.15, -0.1) is 0 Å². The standard InChI is InChI=1S/C19H20N2O/c1-2-5-19(22)21-18-10-11-20-13-17(18)16-9-8-14-6-3-4-7-15(14)12-16/h3-4,6-13,19,22H,2,5H2,1H3,(H,20,21). The third-order valence-corrected chi connectivity index (χ3v) is 3.77. The third kappa shape index (κ3) is 3.10. The topological polar surface area (TPSA) is 45.1 Å². The van der Waals surface area contributed by atoms with Crippen molar-refractivity contribution in [1.29, 1.82) is 0 Å². The number of anilines is 1. The van der Waals surface area contributed by atoms with Crippen molar-refractivity contribution in [2.45, 2.75) is 26.0 Å². The Kier molecular flexibility index (Phi) is 4.35. The van der Waals surface area contributed by atoms with Gasteiger partial charge >= 0.3 is 0 Å². The van der Waals surface area contributed by atoms with Gasteiger partial charge in [-0.3, -0.25) is 4.98 Å². The van der Waals surface area contributed by atoms with Crippen LogP contribution < -0.4 is 5.32 Å². The Bertz CT molecular complexity index is 770. The van der Waals surface area contributed by atoms with E-state index in [1.165, 1.54) is 10.8 Å². The molecule has 112 valence electrons. The van der Waals surface area contributed by atoms with E-state index in [-0.39, 0.29) is 0 Å². The summed E-state index contributed by atoms with van der Waals surface area (Å²) < 4.78 is 0. The summed E-state index contributed by atoms with van der Waals surface area (Å²) in [5, 5.41) is 15.6. The van der Waals surface area contributed by atoms with Gasteiger partial charge < -0.3 is 10.4 Å². The van der Waals surface area contributed by atoms with Gasteiger partial charge in [0.25, 0.3) is 0 Å². The van der Waals surface area contributed by atoms with Crippen molar-refractivity contribution in [2.75, 3.05) is 5.32 Å². The number of hydrogen-bond donors (Lipinski definition) is 2. The smallest absolute Gasteiger partial charge is 0.124 e. The first-order valence-electron chi connectivity index (χ1n) is 7.65. The lowest BCUT2D eigenvalue weighted by atomic mass is 10.0. The van der Waals surface area contributed by atoms with Crippen molar-refractivity contribution < 1.29 is 5.11 Å². The van der Waals surface area contributed by atoms with Crippen LogP contribution in [0.2, 0.25) is 0 Å². The van der Waals surface area contributed by atoms with Crippen molar-refractivity contribution in [3.63, 3.8) is 0 Å². The molecule has 0 aliphatic rings. The molecular formula is C19H20N2O. The summed E-state index contributed by atoms with van der Waals surface area (Å²) in [6, 6.07) is 16.6. The maximum absolute atomic E-state index is 10.0. The monoisotopic (exact) mass is 292 g/mol. The number of pyridine rings is 1. The summed E-state index contributed by atoms with van der Waals surface area (Å²) >= 11 is 0. The molecule has 2 N–H and O–H groups in total. The second kappa shape index (κ2) is 6.58. The highest BCUT2D eigenvalue weighted by molar-refractivity contribution is 5.89. The Morgan fingerprint density at radius 1 is 1.09 bits per heavy atom. The molecule has 1 aromatic heterocycles. The summed E-state index contributed by atoms with van der Waals surface area (Å²) in [5.41, 5.74) is 3.01. The Balaban J connectivity index is 1.99. The van der Waals surface area contributed by atoms with E-state index >= 15 is 0 Å². The Hall–Kier alpha value is -2.39. The molecule has 3 rings (SSSR count). The lowest BCUT2D eigenvalue weighted by Gasteiger charge is -2.16. The molecule has 3 aromatic rings. The Morgan fingerprint density at radius 2 is 1.91 bits per heavy atom. The van der Waals surface area contributed by atoms with Gasteiger partial charge in [0.15, 0.2) is 0 Å². The zero-order valence-corrected chi connectivity index (χ0v) is 12.7. The number of aromatic nitrogens is 1. The maximum atomic E-state index is 10.0. The fraction of sp³-hybridized carbons (Fsp3) is 0.211. The molecule has 0 fully saturated rings. The summed E-state index contributed by atoms with van der Waals surface area (Å²) in [6.45, 7) is 2.06. The number of rotatable bonds is 5. The molecule has 0 bridgehead atoms. The van der Waals surface area contributed by atoms with Gasteiger partial charge in [-0.1, -0.05) is 49.7 Å². The summed E-state index contributed by atoms with van der Waals surface area (Å²) in [4.78, 5) is 4.23. The number of nitrogens with one attached hydrogen (secondary N) is 1. The first kappa shape index (κ1) is 14.5. The molecular weight excluding hydrogens is 272 g/mol. The fourth-order valence-corrected chi connectivity index (χ4v) is 2.63. The third-order valence-electron chi connectivity index (χ3n) is 3.77. The van der Waals surface area contributed by atoms with Crippen LogP contribution in [0.1, 0.15) is 19.8 Å². The predicted molar refractivity (Wildman–Crippen MR) is 91.7 cm³/mol. The first-order chi connectivity index (χ1) is 10.8. The second-order valence-corrected chi connectivity index (χ2v) is 5.43. The van der Waals surface area contributed by atoms with Gasteiger partial charge in [0.1, 0.15) is 6.23 Å². The van der Waals surface area contributed by atoms with Gasteiger partial charge in [-0.25, -0.2) is 0 Å². The quantitative estimate of drug-likeness (QED) is 0.684. The molecule has 2 aromatic carbocycles. The van der Waals surface area contributed by atoms with Crippen LogP contribution in [0.25, 0.3) is 21.9 Å². The first-order valence-corrected chi connectivity index (χ1v) is 7.65. The zero-order valence-electron chi connectivity index (χ0n) is 12.7. The average molecular weight is 292 g/mol. The van der Waals surface area contributed by atoms with Crippen LogP contribution in [0.15, 0.2) is 60.9 Å². The van der Waals surface area contributed by atoms with Crippen LogP contribution in [0.5, 0.6) is 0 Å². The second-order valence-electron chi connectivity index (χ2n) is 5.43. The number of fused-ring (bicyclic) bond motifs is 1. The number of hydrogen-bond acceptors (Lipinski definition) is 3. The van der Waals surface area contributed by atoms with E-state index in [1.54, 1.807) is 6.20 Å². The van der Waals surface area contributed by atoms with Crippen LogP contribution in [0.4, 0.5) is 5.69 Å². The molecule has 1 heterocycles. The molecule has 1 unspecified atom stereocenters. The largest absolute Gasteiger partial charge is 0.374 e. The van der Waals surface area contributed by atoms with Crippen LogP contribution in [-0.4, -0.2) is 16.3 Å². The van der Waals surface area contributed by atoms with Crippen LogP contribution >= 0.6 is 0 Å². The minimum Gasteiger partial charge on any atom is -0.374 e. The molecule has 0 aliphatic carbocycles. The van der Waals surface area contributed by atoms with E-state index in [2.05, 4.69) is 47.6 Å². The summed E-state index contributed by atoms with van der Waals surface area (Å²) in [6.07, 6.45) is 4.70. The van der Waals surface area contributed by atoms with Gasteiger partial charge in [0.05, 0.1) is 0 Å². The summed E-state index contributed by atoms with van der Waals surface area (Å²) in [7, 11) is 0. The minimum absolute atomic E-state index is 0.536. The molecule has 0 amide bonds. The van der Waals surface area contributed by atoms with E-state index < -0.39 is 6.23 Å². The van der Waals surface area contributed by atoms with Crippen molar-refractivity contribution in [3.05, 3.63) is 60.9 Å². The highest BCUT2D eigenvalue weighted by atomic mass is 16.3. The normalized spacial score (nSPS) is 12.3. The average Bonchev–Trinajstić information content (AvgIpc) is 2.55. The van der Waals surface area contributed by atoms with E-state index in [0.29, 0.717) is 0 Å². The van der Waals surface area contributed by atoms with E-state index in [9.17, 15) is 5.11 Å². The fourth-order valence-electron chi connectivity index (χ4n) is 2.63. The van der Waals surface area contributed by atoms with Gasteiger partial charge in [0.2, 0.25) is 0 Å². The van der Waals surface area contributed by atoms with Crippen LogP contribution in [0.3, 0.4) is 0 Å². The number of benzene rings is 2. The SMILES string of the molecule is CCCC(O)Nc1ccncc1-c1ccc2ccccc2c1. The Morgan fingerprint density at radius 3 is 2.73 bits per heavy atom. The lowest BCUT2D eigenvalue weighted by molar-refractivity contribution is 0.192. The van der Waals surface area contributed by atoms with Crippen molar-refractivity contribution in [1.82, 2.24) is 4.98 Å². The van der Waals surface area contributed by atoms with Gasteiger partial charge in [-0.05, 0) is 34.9 Å². The Labute approximate surface area is 130 Å². The van der Waals surface area contributed by atoms with Crippen LogP contribution in [-0.2, 0) is 0 Å². The van der Waals surface area contributed by atoms with E-state index in [1.807, 2.05) is 24.4 Å². The minimum atomic E-state index is -0.536. The van der Waals surface area contributed by atoms with Crippen molar-refractivity contribution in [3.8, 4) is 11.1 Å². The molecule has 0 spiro atoms. The molecule has 3 nitrogen and oxygen atoms in total. The maximum Gasteiger partial charge on any atom is 0.124 e. The lowest BCUT2D eigenvalue weighted by Crippen LogP contribution is -2.18.